The first-order valence-corrected chi connectivity index (χ1v) is 6.04. The van der Waals surface area contributed by atoms with E-state index in [1.54, 1.807) is 23.7 Å². The molecule has 0 aliphatic rings. The zero-order valence-electron chi connectivity index (χ0n) is 8.95. The highest BCUT2D eigenvalue weighted by Gasteiger charge is 2.07. The first-order valence-electron chi connectivity index (χ1n) is 5.23. The number of aromatic nitrogens is 3. The third-order valence-electron chi connectivity index (χ3n) is 2.35. The van der Waals surface area contributed by atoms with E-state index in [0.717, 1.165) is 21.1 Å². The molecule has 0 amide bonds. The van der Waals surface area contributed by atoms with Crippen LogP contribution in [0.4, 0.5) is 0 Å². The molecule has 0 saturated heterocycles. The number of nitrogens with zero attached hydrogens (tertiary/aromatic N) is 3. The minimum absolute atomic E-state index is 0.900. The molecule has 0 saturated carbocycles. The van der Waals surface area contributed by atoms with E-state index in [4.69, 9.17) is 0 Å². The molecule has 0 unspecified atom stereocenters. The smallest absolute Gasteiger partial charge is 0.149 e. The van der Waals surface area contributed by atoms with E-state index < -0.39 is 0 Å². The fraction of sp³-hybridized carbons (Fsp3) is 0. The van der Waals surface area contributed by atoms with Crippen LogP contribution in [0.1, 0.15) is 0 Å². The van der Waals surface area contributed by atoms with Crippen LogP contribution in [-0.2, 0) is 0 Å². The topological polar surface area (TPSA) is 38.7 Å². The SMILES string of the molecule is c1ccc(-c2nnc(-c3cccnc3)s2)cc1. The van der Waals surface area contributed by atoms with Crippen LogP contribution in [0.3, 0.4) is 0 Å². The Morgan fingerprint density at radius 2 is 1.47 bits per heavy atom. The van der Waals surface area contributed by atoms with Gasteiger partial charge in [0.15, 0.2) is 0 Å². The molecule has 2 aromatic heterocycles. The Bertz CT molecular complexity index is 551. The van der Waals surface area contributed by atoms with E-state index in [1.165, 1.54) is 0 Å². The molecule has 17 heavy (non-hydrogen) atoms. The second-order valence-electron chi connectivity index (χ2n) is 3.52. The molecule has 0 aliphatic carbocycles. The molecule has 0 atom stereocenters. The zero-order chi connectivity index (χ0) is 11.5. The zero-order valence-corrected chi connectivity index (χ0v) is 9.76. The Balaban J connectivity index is 1.99. The summed E-state index contributed by atoms with van der Waals surface area (Å²) in [6.45, 7) is 0. The lowest BCUT2D eigenvalue weighted by atomic mass is 10.2. The molecule has 0 bridgehead atoms. The van der Waals surface area contributed by atoms with Gasteiger partial charge in [0, 0.05) is 23.5 Å². The van der Waals surface area contributed by atoms with E-state index in [9.17, 15) is 0 Å². The van der Waals surface area contributed by atoms with Crippen LogP contribution >= 0.6 is 11.3 Å². The van der Waals surface area contributed by atoms with Crippen molar-refractivity contribution in [2.45, 2.75) is 0 Å². The lowest BCUT2D eigenvalue weighted by Crippen LogP contribution is -1.77. The van der Waals surface area contributed by atoms with Crippen LogP contribution in [0.25, 0.3) is 21.1 Å². The highest BCUT2D eigenvalue weighted by atomic mass is 32.1. The molecule has 0 spiro atoms. The van der Waals surface area contributed by atoms with Gasteiger partial charge in [0.25, 0.3) is 0 Å². The number of hydrogen-bond acceptors (Lipinski definition) is 4. The summed E-state index contributed by atoms with van der Waals surface area (Å²) in [6.07, 6.45) is 3.55. The van der Waals surface area contributed by atoms with Crippen LogP contribution in [-0.4, -0.2) is 15.2 Å². The van der Waals surface area contributed by atoms with Gasteiger partial charge in [-0.1, -0.05) is 41.7 Å². The number of pyridine rings is 1. The predicted octanol–water partition coefficient (Wildman–Crippen LogP) is 3.27. The van der Waals surface area contributed by atoms with E-state index in [1.807, 2.05) is 42.5 Å². The fourth-order valence-corrected chi connectivity index (χ4v) is 2.37. The Hall–Kier alpha value is -2.07. The number of hydrogen-bond donors (Lipinski definition) is 0. The minimum atomic E-state index is 0.900. The summed E-state index contributed by atoms with van der Waals surface area (Å²) in [5.74, 6) is 0. The van der Waals surface area contributed by atoms with Gasteiger partial charge < -0.3 is 0 Å². The molecule has 0 radical (unpaired) electrons. The van der Waals surface area contributed by atoms with Crippen molar-refractivity contribution in [2.24, 2.45) is 0 Å². The maximum absolute atomic E-state index is 4.20. The van der Waals surface area contributed by atoms with Gasteiger partial charge in [-0.3, -0.25) is 4.98 Å². The van der Waals surface area contributed by atoms with Gasteiger partial charge in [0.05, 0.1) is 0 Å². The van der Waals surface area contributed by atoms with Gasteiger partial charge in [-0.15, -0.1) is 10.2 Å². The molecule has 82 valence electrons. The van der Waals surface area contributed by atoms with Crippen molar-refractivity contribution in [3.63, 3.8) is 0 Å². The molecule has 3 aromatic rings. The summed E-state index contributed by atoms with van der Waals surface area (Å²) in [4.78, 5) is 4.08. The molecule has 1 aromatic carbocycles. The van der Waals surface area contributed by atoms with Crippen molar-refractivity contribution in [1.82, 2.24) is 15.2 Å². The third kappa shape index (κ3) is 2.07. The average molecular weight is 239 g/mol. The average Bonchev–Trinajstić information content (AvgIpc) is 2.90. The molecule has 2 heterocycles. The highest BCUT2D eigenvalue weighted by molar-refractivity contribution is 7.17. The highest BCUT2D eigenvalue weighted by Crippen LogP contribution is 2.28. The molecular weight excluding hydrogens is 230 g/mol. The van der Waals surface area contributed by atoms with Crippen LogP contribution in [0, 0.1) is 0 Å². The molecule has 3 rings (SSSR count). The van der Waals surface area contributed by atoms with Gasteiger partial charge in [-0.25, -0.2) is 0 Å². The Morgan fingerprint density at radius 3 is 2.18 bits per heavy atom. The van der Waals surface area contributed by atoms with E-state index in [0.29, 0.717) is 0 Å². The largest absolute Gasteiger partial charge is 0.264 e. The van der Waals surface area contributed by atoms with Gasteiger partial charge in [0.1, 0.15) is 10.0 Å². The predicted molar refractivity (Wildman–Crippen MR) is 68.6 cm³/mol. The normalized spacial score (nSPS) is 10.4. The van der Waals surface area contributed by atoms with Crippen molar-refractivity contribution in [3.05, 3.63) is 54.9 Å². The monoisotopic (exact) mass is 239 g/mol. The minimum Gasteiger partial charge on any atom is -0.264 e. The van der Waals surface area contributed by atoms with Crippen molar-refractivity contribution in [3.8, 4) is 21.1 Å². The Kier molecular flexibility index (Phi) is 2.63. The van der Waals surface area contributed by atoms with Crippen LogP contribution in [0.15, 0.2) is 54.9 Å². The second-order valence-corrected chi connectivity index (χ2v) is 4.50. The van der Waals surface area contributed by atoms with E-state index in [2.05, 4.69) is 15.2 Å². The third-order valence-corrected chi connectivity index (χ3v) is 3.38. The van der Waals surface area contributed by atoms with Gasteiger partial charge >= 0.3 is 0 Å². The quantitative estimate of drug-likeness (QED) is 0.689. The summed E-state index contributed by atoms with van der Waals surface area (Å²) in [5.41, 5.74) is 2.10. The van der Waals surface area contributed by atoms with Crippen LogP contribution in [0.2, 0.25) is 0 Å². The molecule has 0 N–H and O–H groups in total. The summed E-state index contributed by atoms with van der Waals surface area (Å²) >= 11 is 1.58. The first-order chi connectivity index (χ1) is 8.43. The summed E-state index contributed by atoms with van der Waals surface area (Å²) in [7, 11) is 0. The van der Waals surface area contributed by atoms with Gasteiger partial charge in [-0.05, 0) is 12.1 Å². The van der Waals surface area contributed by atoms with Crippen LogP contribution in [0.5, 0.6) is 0 Å². The lowest BCUT2D eigenvalue weighted by molar-refractivity contribution is 1.10. The summed E-state index contributed by atoms with van der Waals surface area (Å²) in [6, 6.07) is 14.0. The van der Waals surface area contributed by atoms with Crippen molar-refractivity contribution in [2.75, 3.05) is 0 Å². The van der Waals surface area contributed by atoms with Gasteiger partial charge in [-0.2, -0.15) is 0 Å². The number of benzene rings is 1. The molecule has 3 nitrogen and oxygen atoms in total. The Morgan fingerprint density at radius 1 is 0.765 bits per heavy atom. The van der Waals surface area contributed by atoms with Crippen molar-refractivity contribution in [1.29, 1.82) is 0 Å². The van der Waals surface area contributed by atoms with E-state index in [-0.39, 0.29) is 0 Å². The fourth-order valence-electron chi connectivity index (χ4n) is 1.53. The summed E-state index contributed by atoms with van der Waals surface area (Å²) in [5, 5.41) is 10.2. The van der Waals surface area contributed by atoms with Crippen LogP contribution < -0.4 is 0 Å². The van der Waals surface area contributed by atoms with Crippen molar-refractivity contribution < 1.29 is 0 Å². The Labute approximate surface area is 103 Å². The molecule has 4 heteroatoms. The lowest BCUT2D eigenvalue weighted by Gasteiger charge is -1.92. The maximum atomic E-state index is 4.20. The molecular formula is C13H9N3S. The van der Waals surface area contributed by atoms with Crippen molar-refractivity contribution >= 4 is 11.3 Å². The number of rotatable bonds is 2. The first kappa shape index (κ1) is 10.1. The second kappa shape index (κ2) is 4.43. The van der Waals surface area contributed by atoms with Gasteiger partial charge in [0.2, 0.25) is 0 Å². The standard InChI is InChI=1S/C13H9N3S/c1-2-5-10(6-3-1)12-15-16-13(17-12)11-7-4-8-14-9-11/h1-9H. The molecule has 0 aliphatic heterocycles. The maximum Gasteiger partial charge on any atom is 0.149 e. The summed E-state index contributed by atoms with van der Waals surface area (Å²) < 4.78 is 0. The van der Waals surface area contributed by atoms with E-state index >= 15 is 0 Å². The molecule has 0 fully saturated rings.